The van der Waals surface area contributed by atoms with Gasteiger partial charge >= 0.3 is 18.2 Å². The third-order valence-electron chi connectivity index (χ3n) is 2.90. The summed E-state index contributed by atoms with van der Waals surface area (Å²) < 4.78 is 10.0. The Hall–Kier alpha value is -2.77. The second-order valence-corrected chi connectivity index (χ2v) is 6.31. The molecule has 138 valence electrons. The first-order valence-corrected chi connectivity index (χ1v) is 7.84. The van der Waals surface area contributed by atoms with Crippen molar-refractivity contribution in [2.45, 2.75) is 45.4 Å². The van der Waals surface area contributed by atoms with Crippen molar-refractivity contribution in [3.8, 4) is 0 Å². The highest BCUT2D eigenvalue weighted by Gasteiger charge is 2.23. The first kappa shape index (κ1) is 20.3. The lowest BCUT2D eigenvalue weighted by atomic mass is 10.2. The van der Waals surface area contributed by atoms with Gasteiger partial charge in [-0.2, -0.15) is 0 Å². The van der Waals surface area contributed by atoms with Gasteiger partial charge in [-0.05, 0) is 32.8 Å². The summed E-state index contributed by atoms with van der Waals surface area (Å²) >= 11 is 0. The Kier molecular flexibility index (Phi) is 7.71. The molecule has 0 heterocycles. The van der Waals surface area contributed by atoms with Gasteiger partial charge in [0.15, 0.2) is 0 Å². The summed E-state index contributed by atoms with van der Waals surface area (Å²) in [6.45, 7) is 5.16. The second-order valence-electron chi connectivity index (χ2n) is 6.31. The molecule has 0 aliphatic heterocycles. The highest BCUT2D eigenvalue weighted by atomic mass is 16.6. The van der Waals surface area contributed by atoms with E-state index in [0.717, 1.165) is 5.56 Å². The van der Waals surface area contributed by atoms with Gasteiger partial charge in [0.05, 0.1) is 0 Å². The Bertz CT molecular complexity index is 583. The van der Waals surface area contributed by atoms with E-state index in [0.29, 0.717) is 0 Å². The minimum absolute atomic E-state index is 0.00495. The Morgan fingerprint density at radius 2 is 1.76 bits per heavy atom. The lowest BCUT2D eigenvalue weighted by molar-refractivity contribution is -0.139. The molecule has 0 saturated heterocycles. The van der Waals surface area contributed by atoms with Gasteiger partial charge in [-0.1, -0.05) is 30.3 Å². The molecule has 0 fully saturated rings. The number of carbonyl (C=O) groups is 3. The van der Waals surface area contributed by atoms with Gasteiger partial charge in [-0.15, -0.1) is 0 Å². The molecule has 0 radical (unpaired) electrons. The predicted molar refractivity (Wildman–Crippen MR) is 90.0 cm³/mol. The van der Waals surface area contributed by atoms with Gasteiger partial charge in [-0.25, -0.2) is 14.4 Å². The molecule has 25 heavy (non-hydrogen) atoms. The van der Waals surface area contributed by atoms with Crippen molar-refractivity contribution in [2.24, 2.45) is 0 Å². The molecule has 0 bridgehead atoms. The summed E-state index contributed by atoms with van der Waals surface area (Å²) in [7, 11) is 0. The van der Waals surface area contributed by atoms with Crippen molar-refractivity contribution in [3.05, 3.63) is 35.9 Å². The molecule has 8 heteroatoms. The van der Waals surface area contributed by atoms with Crippen LogP contribution in [0.15, 0.2) is 30.3 Å². The monoisotopic (exact) mass is 352 g/mol. The number of carboxylic acids is 1. The fraction of sp³-hybridized carbons (Fsp3) is 0.471. The molecule has 1 aromatic carbocycles. The van der Waals surface area contributed by atoms with E-state index in [9.17, 15) is 14.4 Å². The van der Waals surface area contributed by atoms with E-state index in [2.05, 4.69) is 10.6 Å². The van der Waals surface area contributed by atoms with Gasteiger partial charge in [0.1, 0.15) is 18.2 Å². The lowest BCUT2D eigenvalue weighted by Crippen LogP contribution is -2.45. The molecule has 0 saturated carbocycles. The van der Waals surface area contributed by atoms with Crippen LogP contribution in [0.5, 0.6) is 0 Å². The third kappa shape index (κ3) is 9.19. The van der Waals surface area contributed by atoms with Crippen LogP contribution in [-0.2, 0) is 20.9 Å². The van der Waals surface area contributed by atoms with Crippen LogP contribution in [0, 0.1) is 0 Å². The molecule has 1 rings (SSSR count). The minimum Gasteiger partial charge on any atom is -0.480 e. The maximum atomic E-state index is 11.6. The summed E-state index contributed by atoms with van der Waals surface area (Å²) in [4.78, 5) is 34.4. The summed E-state index contributed by atoms with van der Waals surface area (Å²) in [6.07, 6.45) is -1.49. The first-order valence-electron chi connectivity index (χ1n) is 7.84. The van der Waals surface area contributed by atoms with E-state index >= 15 is 0 Å². The molecule has 1 aromatic rings. The number of ether oxygens (including phenoxy) is 2. The molecule has 0 spiro atoms. The summed E-state index contributed by atoms with van der Waals surface area (Å²) in [5, 5.41) is 13.8. The Morgan fingerprint density at radius 1 is 1.12 bits per heavy atom. The predicted octanol–water partition coefficient (Wildman–Crippen LogP) is 2.28. The van der Waals surface area contributed by atoms with E-state index < -0.39 is 29.8 Å². The zero-order valence-electron chi connectivity index (χ0n) is 14.6. The average molecular weight is 352 g/mol. The molecule has 2 amide bonds. The van der Waals surface area contributed by atoms with E-state index in [1.807, 2.05) is 30.3 Å². The molecular weight excluding hydrogens is 328 g/mol. The zero-order valence-corrected chi connectivity index (χ0v) is 14.6. The topological polar surface area (TPSA) is 114 Å². The number of hydrogen-bond donors (Lipinski definition) is 3. The normalized spacial score (nSPS) is 12.0. The average Bonchev–Trinajstić information content (AvgIpc) is 2.51. The summed E-state index contributed by atoms with van der Waals surface area (Å²) in [5.41, 5.74) is 0.111. The van der Waals surface area contributed by atoms with Crippen molar-refractivity contribution in [3.63, 3.8) is 0 Å². The van der Waals surface area contributed by atoms with Crippen molar-refractivity contribution in [1.29, 1.82) is 0 Å². The number of alkyl carbamates (subject to hydrolysis) is 2. The van der Waals surface area contributed by atoms with Crippen LogP contribution in [0.25, 0.3) is 0 Å². The fourth-order valence-electron chi connectivity index (χ4n) is 1.80. The highest BCUT2D eigenvalue weighted by molar-refractivity contribution is 5.80. The van der Waals surface area contributed by atoms with Crippen molar-refractivity contribution >= 4 is 18.2 Å². The van der Waals surface area contributed by atoms with Crippen LogP contribution < -0.4 is 10.6 Å². The quantitative estimate of drug-likeness (QED) is 0.694. The number of amides is 2. The van der Waals surface area contributed by atoms with E-state index in [1.54, 1.807) is 20.8 Å². The number of rotatable bonds is 7. The number of carboxylic acid groups (broad SMARTS) is 1. The number of benzene rings is 1. The van der Waals surface area contributed by atoms with Crippen LogP contribution in [-0.4, -0.2) is 41.4 Å². The number of nitrogens with one attached hydrogen (secondary N) is 2. The summed E-state index contributed by atoms with van der Waals surface area (Å²) in [6, 6.07) is 7.97. The van der Waals surface area contributed by atoms with Gasteiger partial charge in [-0.3, -0.25) is 0 Å². The SMILES string of the molecule is CC(C)(C)OC(=O)NC(CCNC(=O)OCc1ccccc1)C(=O)O. The molecule has 1 unspecified atom stereocenters. The van der Waals surface area contributed by atoms with Crippen LogP contribution in [0.2, 0.25) is 0 Å². The number of aliphatic carboxylic acids is 1. The van der Waals surface area contributed by atoms with E-state index in [4.69, 9.17) is 14.6 Å². The number of hydrogen-bond acceptors (Lipinski definition) is 5. The number of carbonyl (C=O) groups excluding carboxylic acids is 2. The molecule has 0 aliphatic carbocycles. The maximum Gasteiger partial charge on any atom is 0.408 e. The maximum absolute atomic E-state index is 11.6. The zero-order chi connectivity index (χ0) is 18.9. The van der Waals surface area contributed by atoms with Crippen molar-refractivity contribution < 1.29 is 29.0 Å². The molecule has 1 atom stereocenters. The molecule has 3 N–H and O–H groups in total. The second kappa shape index (κ2) is 9.51. The van der Waals surface area contributed by atoms with Gasteiger partial charge in [0, 0.05) is 6.54 Å². The highest BCUT2D eigenvalue weighted by Crippen LogP contribution is 2.07. The largest absolute Gasteiger partial charge is 0.480 e. The lowest BCUT2D eigenvalue weighted by Gasteiger charge is -2.22. The van der Waals surface area contributed by atoms with Gasteiger partial charge in [0.2, 0.25) is 0 Å². The Morgan fingerprint density at radius 3 is 2.32 bits per heavy atom. The Labute approximate surface area is 146 Å². The summed E-state index contributed by atoms with van der Waals surface area (Å²) in [5.74, 6) is -1.22. The third-order valence-corrected chi connectivity index (χ3v) is 2.90. The van der Waals surface area contributed by atoms with Crippen LogP contribution in [0.3, 0.4) is 0 Å². The first-order chi connectivity index (χ1) is 11.7. The van der Waals surface area contributed by atoms with E-state index in [1.165, 1.54) is 0 Å². The van der Waals surface area contributed by atoms with Crippen LogP contribution in [0.1, 0.15) is 32.8 Å². The van der Waals surface area contributed by atoms with Crippen molar-refractivity contribution in [2.75, 3.05) is 6.54 Å². The van der Waals surface area contributed by atoms with Crippen LogP contribution in [0.4, 0.5) is 9.59 Å². The molecular formula is C17H24N2O6. The van der Waals surface area contributed by atoms with Crippen molar-refractivity contribution in [1.82, 2.24) is 10.6 Å². The molecule has 8 nitrogen and oxygen atoms in total. The minimum atomic E-state index is -1.22. The van der Waals surface area contributed by atoms with Gasteiger partial charge < -0.3 is 25.2 Å². The standard InChI is InChI=1S/C17H24N2O6/c1-17(2,3)25-16(23)19-13(14(20)21)9-10-18-15(22)24-11-12-7-5-4-6-8-12/h4-8,13H,9-11H2,1-3H3,(H,18,22)(H,19,23)(H,20,21). The molecule has 0 aromatic heterocycles. The molecule has 0 aliphatic rings. The smallest absolute Gasteiger partial charge is 0.408 e. The fourth-order valence-corrected chi connectivity index (χ4v) is 1.80. The van der Waals surface area contributed by atoms with Gasteiger partial charge in [0.25, 0.3) is 0 Å². The van der Waals surface area contributed by atoms with E-state index in [-0.39, 0.29) is 19.6 Å². The van der Waals surface area contributed by atoms with Crippen LogP contribution >= 0.6 is 0 Å². The Balaban J connectivity index is 2.33.